The quantitative estimate of drug-likeness (QED) is 0.608. The molecule has 17 heavy (non-hydrogen) atoms. The van der Waals surface area contributed by atoms with E-state index in [0.717, 1.165) is 11.3 Å². The fourth-order valence-corrected chi connectivity index (χ4v) is 2.45. The lowest BCUT2D eigenvalue weighted by Crippen LogP contribution is -2.15. The largest absolute Gasteiger partial charge is 0.468 e. The number of ether oxygens (including phenoxy) is 1. The lowest BCUT2D eigenvalue weighted by atomic mass is 10.1. The number of methoxy groups -OCH3 is 1. The van der Waals surface area contributed by atoms with Crippen LogP contribution in [-0.4, -0.2) is 23.3 Å². The van der Waals surface area contributed by atoms with E-state index in [9.17, 15) is 4.79 Å². The van der Waals surface area contributed by atoms with Crippen molar-refractivity contribution in [1.82, 2.24) is 4.98 Å². The van der Waals surface area contributed by atoms with Crippen molar-refractivity contribution in [3.63, 3.8) is 0 Å². The molecule has 1 heterocycles. The maximum Gasteiger partial charge on any atom is 0.318 e. The molecule has 0 fully saturated rings. The van der Waals surface area contributed by atoms with Crippen LogP contribution in [0.3, 0.4) is 0 Å². The Labute approximate surface area is 105 Å². The van der Waals surface area contributed by atoms with E-state index >= 15 is 0 Å². The molecule has 90 valence electrons. The molecule has 5 heteroatoms. The molecule has 0 spiro atoms. The molecule has 1 aromatic heterocycles. The highest BCUT2D eigenvalue weighted by molar-refractivity contribution is 8.00. The number of hydrogen-bond donors (Lipinski definition) is 0. The number of aromatic nitrogens is 1. The Morgan fingerprint density at radius 1 is 1.59 bits per heavy atom. The summed E-state index contributed by atoms with van der Waals surface area (Å²) in [5, 5.41) is 9.29. The Morgan fingerprint density at radius 3 is 2.76 bits per heavy atom. The molecule has 0 saturated heterocycles. The molecule has 1 aromatic rings. The van der Waals surface area contributed by atoms with Gasteiger partial charge in [-0.1, -0.05) is 11.8 Å². The molecule has 0 amide bonds. The van der Waals surface area contributed by atoms with Crippen molar-refractivity contribution >= 4 is 17.7 Å². The first-order valence-electron chi connectivity index (χ1n) is 5.12. The standard InChI is InChI=1S/C12H14N2O2S/c1-7-5-8(2)14-11(10(7)6-13)17-9(3)12(15)16-4/h5,9H,1-4H3. The van der Waals surface area contributed by atoms with Crippen LogP contribution < -0.4 is 0 Å². The molecule has 4 nitrogen and oxygen atoms in total. The summed E-state index contributed by atoms with van der Waals surface area (Å²) in [5.74, 6) is -0.320. The summed E-state index contributed by atoms with van der Waals surface area (Å²) in [5.41, 5.74) is 2.23. The van der Waals surface area contributed by atoms with Crippen LogP contribution in [0.1, 0.15) is 23.7 Å². The van der Waals surface area contributed by atoms with Gasteiger partial charge in [0, 0.05) is 5.69 Å². The molecule has 0 aromatic carbocycles. The van der Waals surface area contributed by atoms with Gasteiger partial charge in [-0.3, -0.25) is 4.79 Å². The Morgan fingerprint density at radius 2 is 2.24 bits per heavy atom. The van der Waals surface area contributed by atoms with Gasteiger partial charge in [0.15, 0.2) is 0 Å². The lowest BCUT2D eigenvalue weighted by molar-refractivity contribution is -0.139. The predicted molar refractivity (Wildman–Crippen MR) is 65.8 cm³/mol. The van der Waals surface area contributed by atoms with Crippen molar-refractivity contribution in [2.24, 2.45) is 0 Å². The molecule has 0 radical (unpaired) electrons. The van der Waals surface area contributed by atoms with Crippen molar-refractivity contribution < 1.29 is 9.53 Å². The van der Waals surface area contributed by atoms with E-state index in [-0.39, 0.29) is 11.2 Å². The Hall–Kier alpha value is -1.54. The van der Waals surface area contributed by atoms with E-state index in [1.54, 1.807) is 6.92 Å². The number of pyridine rings is 1. The van der Waals surface area contributed by atoms with E-state index in [4.69, 9.17) is 5.26 Å². The van der Waals surface area contributed by atoms with Crippen molar-refractivity contribution in [2.75, 3.05) is 7.11 Å². The van der Waals surface area contributed by atoms with Crippen LogP contribution in [-0.2, 0) is 9.53 Å². The number of thioether (sulfide) groups is 1. The van der Waals surface area contributed by atoms with Crippen LogP contribution in [0.15, 0.2) is 11.1 Å². The predicted octanol–water partition coefficient (Wildman–Crippen LogP) is 2.22. The van der Waals surface area contributed by atoms with Gasteiger partial charge in [0.05, 0.1) is 12.7 Å². The monoisotopic (exact) mass is 250 g/mol. The van der Waals surface area contributed by atoms with Gasteiger partial charge in [0.1, 0.15) is 16.3 Å². The van der Waals surface area contributed by atoms with Gasteiger partial charge in [0.25, 0.3) is 0 Å². The Balaban J connectivity index is 3.06. The second-order valence-corrected chi connectivity index (χ2v) is 4.99. The maximum absolute atomic E-state index is 11.3. The molecule has 0 aliphatic carbocycles. The minimum absolute atomic E-state index is 0.320. The molecule has 0 bridgehead atoms. The first-order chi connectivity index (χ1) is 7.99. The molecular formula is C12H14N2O2S. The number of carbonyl (C=O) groups excluding carboxylic acids is 1. The van der Waals surface area contributed by atoms with Gasteiger partial charge < -0.3 is 4.74 Å². The first-order valence-corrected chi connectivity index (χ1v) is 6.00. The molecule has 0 N–H and O–H groups in total. The van der Waals surface area contributed by atoms with E-state index in [2.05, 4.69) is 15.8 Å². The highest BCUT2D eigenvalue weighted by Gasteiger charge is 2.18. The number of nitrogens with zero attached hydrogens (tertiary/aromatic N) is 2. The normalized spacial score (nSPS) is 11.7. The zero-order valence-electron chi connectivity index (χ0n) is 10.3. The van der Waals surface area contributed by atoms with Crippen LogP contribution in [0, 0.1) is 25.2 Å². The highest BCUT2D eigenvalue weighted by Crippen LogP contribution is 2.27. The van der Waals surface area contributed by atoms with Crippen LogP contribution in [0.2, 0.25) is 0 Å². The smallest absolute Gasteiger partial charge is 0.318 e. The van der Waals surface area contributed by atoms with Crippen molar-refractivity contribution in [2.45, 2.75) is 31.0 Å². The fourth-order valence-electron chi connectivity index (χ4n) is 1.41. The Kier molecular flexibility index (Phi) is 4.53. The second-order valence-electron chi connectivity index (χ2n) is 3.66. The van der Waals surface area contributed by atoms with Crippen LogP contribution in [0.5, 0.6) is 0 Å². The van der Waals surface area contributed by atoms with E-state index in [1.807, 2.05) is 19.9 Å². The minimum Gasteiger partial charge on any atom is -0.468 e. The van der Waals surface area contributed by atoms with E-state index in [0.29, 0.717) is 10.6 Å². The van der Waals surface area contributed by atoms with E-state index in [1.165, 1.54) is 18.9 Å². The van der Waals surface area contributed by atoms with E-state index < -0.39 is 0 Å². The molecule has 1 atom stereocenters. The summed E-state index contributed by atoms with van der Waals surface area (Å²) in [6.45, 7) is 5.46. The number of rotatable bonds is 3. The van der Waals surface area contributed by atoms with Crippen molar-refractivity contribution in [1.29, 1.82) is 5.26 Å². The maximum atomic E-state index is 11.3. The van der Waals surface area contributed by atoms with Crippen LogP contribution >= 0.6 is 11.8 Å². The first kappa shape index (κ1) is 13.5. The number of nitriles is 1. The summed E-state index contributed by atoms with van der Waals surface area (Å²) >= 11 is 1.25. The van der Waals surface area contributed by atoms with Gasteiger partial charge in [0.2, 0.25) is 0 Å². The Bertz CT molecular complexity index is 480. The van der Waals surface area contributed by atoms with Crippen molar-refractivity contribution in [3.05, 3.63) is 22.9 Å². The summed E-state index contributed by atoms with van der Waals surface area (Å²) in [6.07, 6.45) is 0. The molecular weight excluding hydrogens is 236 g/mol. The molecule has 1 rings (SSSR count). The average Bonchev–Trinajstić information content (AvgIpc) is 2.27. The number of carbonyl (C=O) groups is 1. The lowest BCUT2D eigenvalue weighted by Gasteiger charge is -2.11. The third-order valence-electron chi connectivity index (χ3n) is 2.24. The molecule has 0 aliphatic heterocycles. The number of aryl methyl sites for hydroxylation is 2. The van der Waals surface area contributed by atoms with Gasteiger partial charge in [-0.15, -0.1) is 0 Å². The zero-order valence-corrected chi connectivity index (χ0v) is 11.1. The summed E-state index contributed by atoms with van der Waals surface area (Å²) in [6, 6.07) is 3.97. The average molecular weight is 250 g/mol. The summed E-state index contributed by atoms with van der Waals surface area (Å²) in [7, 11) is 1.35. The SMILES string of the molecule is COC(=O)C(C)Sc1nc(C)cc(C)c1C#N. The van der Waals surface area contributed by atoms with Crippen LogP contribution in [0.25, 0.3) is 0 Å². The van der Waals surface area contributed by atoms with Crippen LogP contribution in [0.4, 0.5) is 0 Å². The van der Waals surface area contributed by atoms with Gasteiger partial charge >= 0.3 is 5.97 Å². The third-order valence-corrected chi connectivity index (χ3v) is 3.31. The molecule has 0 saturated carbocycles. The van der Waals surface area contributed by atoms with Gasteiger partial charge in [-0.2, -0.15) is 5.26 Å². The van der Waals surface area contributed by atoms with Gasteiger partial charge in [-0.05, 0) is 32.4 Å². The molecule has 1 unspecified atom stereocenters. The fraction of sp³-hybridized carbons (Fsp3) is 0.417. The number of esters is 1. The summed E-state index contributed by atoms with van der Waals surface area (Å²) < 4.78 is 4.65. The highest BCUT2D eigenvalue weighted by atomic mass is 32.2. The zero-order chi connectivity index (χ0) is 13.0. The topological polar surface area (TPSA) is 63.0 Å². The number of hydrogen-bond acceptors (Lipinski definition) is 5. The second kappa shape index (κ2) is 5.69. The van der Waals surface area contributed by atoms with Gasteiger partial charge in [-0.25, -0.2) is 4.98 Å². The third kappa shape index (κ3) is 3.21. The molecule has 0 aliphatic rings. The van der Waals surface area contributed by atoms with Crippen molar-refractivity contribution in [3.8, 4) is 6.07 Å². The minimum atomic E-state index is -0.374. The summed E-state index contributed by atoms with van der Waals surface area (Å²) in [4.78, 5) is 15.6.